The van der Waals surface area contributed by atoms with E-state index < -0.39 is 0 Å². The summed E-state index contributed by atoms with van der Waals surface area (Å²) in [4.78, 5) is 0. The van der Waals surface area contributed by atoms with Gasteiger partial charge >= 0.3 is 0 Å². The van der Waals surface area contributed by atoms with Gasteiger partial charge in [-0.05, 0) is 37.2 Å². The van der Waals surface area contributed by atoms with Gasteiger partial charge in [-0.15, -0.1) is 11.6 Å². The summed E-state index contributed by atoms with van der Waals surface area (Å²) < 4.78 is 1.06. The molecule has 1 aromatic carbocycles. The predicted octanol–water partition coefficient (Wildman–Crippen LogP) is 3.21. The Morgan fingerprint density at radius 2 is 2.17 bits per heavy atom. The number of hydrogen-bond donors (Lipinski definition) is 1. The van der Waals surface area contributed by atoms with Gasteiger partial charge in [0.05, 0.1) is 0 Å². The highest BCUT2D eigenvalue weighted by molar-refractivity contribution is 9.10. The second kappa shape index (κ2) is 4.26. The summed E-state index contributed by atoms with van der Waals surface area (Å²) in [5.41, 5.74) is 2.21. The van der Waals surface area contributed by atoms with Crippen LogP contribution in [-0.4, -0.2) is 7.05 Å². The fourth-order valence-electron chi connectivity index (χ4n) is 1.04. The van der Waals surface area contributed by atoms with Gasteiger partial charge in [-0.25, -0.2) is 0 Å². The van der Waals surface area contributed by atoms with E-state index in [0.29, 0.717) is 0 Å². The van der Waals surface area contributed by atoms with E-state index in [-0.39, 0.29) is 5.50 Å². The number of nitrogens with one attached hydrogen (secondary N) is 1. The minimum atomic E-state index is -0.109. The van der Waals surface area contributed by atoms with Gasteiger partial charge in [-0.3, -0.25) is 0 Å². The number of alkyl halides is 1. The molecule has 0 fully saturated rings. The summed E-state index contributed by atoms with van der Waals surface area (Å²) in [5, 5.41) is 2.99. The van der Waals surface area contributed by atoms with E-state index in [4.69, 9.17) is 11.6 Å². The van der Waals surface area contributed by atoms with Crippen LogP contribution in [-0.2, 0) is 0 Å². The van der Waals surface area contributed by atoms with E-state index in [0.717, 1.165) is 10.0 Å². The Hall–Kier alpha value is -0.0500. The summed E-state index contributed by atoms with van der Waals surface area (Å²) in [6.45, 7) is 2.05. The largest absolute Gasteiger partial charge is 0.301 e. The second-order valence-corrected chi connectivity index (χ2v) is 4.00. The fraction of sp³-hybridized carbons (Fsp3) is 0.333. The zero-order chi connectivity index (χ0) is 9.14. The van der Waals surface area contributed by atoms with Crippen molar-refractivity contribution in [2.24, 2.45) is 0 Å². The molecule has 0 saturated carbocycles. The van der Waals surface area contributed by atoms with Crippen LogP contribution >= 0.6 is 27.5 Å². The zero-order valence-corrected chi connectivity index (χ0v) is 9.41. The lowest BCUT2D eigenvalue weighted by molar-refractivity contribution is 0.778. The molecule has 1 aromatic rings. The van der Waals surface area contributed by atoms with Crippen LogP contribution in [0.4, 0.5) is 0 Å². The van der Waals surface area contributed by atoms with Crippen molar-refractivity contribution in [3.05, 3.63) is 33.8 Å². The Kier molecular flexibility index (Phi) is 3.56. The van der Waals surface area contributed by atoms with Crippen LogP contribution in [0.1, 0.15) is 16.6 Å². The van der Waals surface area contributed by atoms with Crippen molar-refractivity contribution in [1.82, 2.24) is 5.32 Å². The van der Waals surface area contributed by atoms with E-state index >= 15 is 0 Å². The number of hydrogen-bond acceptors (Lipinski definition) is 1. The van der Waals surface area contributed by atoms with Crippen molar-refractivity contribution in [2.75, 3.05) is 7.05 Å². The van der Waals surface area contributed by atoms with E-state index in [1.165, 1.54) is 5.56 Å². The summed E-state index contributed by atoms with van der Waals surface area (Å²) >= 11 is 9.44. The summed E-state index contributed by atoms with van der Waals surface area (Å²) in [6.07, 6.45) is 0. The number of halogens is 2. The third-order valence-corrected chi connectivity index (χ3v) is 2.71. The first-order chi connectivity index (χ1) is 5.65. The summed E-state index contributed by atoms with van der Waals surface area (Å²) in [7, 11) is 1.85. The molecule has 0 aliphatic heterocycles. The van der Waals surface area contributed by atoms with Gasteiger partial charge < -0.3 is 5.32 Å². The van der Waals surface area contributed by atoms with Crippen LogP contribution in [0.3, 0.4) is 0 Å². The molecular weight excluding hydrogens is 237 g/mol. The highest BCUT2D eigenvalue weighted by Crippen LogP contribution is 2.24. The van der Waals surface area contributed by atoms with Crippen LogP contribution in [0.5, 0.6) is 0 Å². The average molecular weight is 249 g/mol. The van der Waals surface area contributed by atoms with Crippen molar-refractivity contribution in [3.63, 3.8) is 0 Å². The van der Waals surface area contributed by atoms with E-state index in [1.807, 2.05) is 25.2 Å². The minimum Gasteiger partial charge on any atom is -0.301 e. The Morgan fingerprint density at radius 1 is 1.50 bits per heavy atom. The lowest BCUT2D eigenvalue weighted by atomic mass is 10.1. The molecule has 1 atom stereocenters. The first-order valence-corrected chi connectivity index (χ1v) is 4.95. The van der Waals surface area contributed by atoms with Gasteiger partial charge in [-0.1, -0.05) is 22.0 Å². The van der Waals surface area contributed by atoms with E-state index in [9.17, 15) is 0 Å². The number of benzene rings is 1. The lowest BCUT2D eigenvalue weighted by Gasteiger charge is -2.11. The Labute approximate surface area is 86.2 Å². The summed E-state index contributed by atoms with van der Waals surface area (Å²) in [6, 6.07) is 6.09. The van der Waals surface area contributed by atoms with Crippen molar-refractivity contribution in [2.45, 2.75) is 12.4 Å². The molecule has 3 heteroatoms. The molecule has 0 aliphatic rings. The molecule has 0 radical (unpaired) electrons. The van der Waals surface area contributed by atoms with Gasteiger partial charge in [0.25, 0.3) is 0 Å². The lowest BCUT2D eigenvalue weighted by Crippen LogP contribution is -2.11. The second-order valence-electron chi connectivity index (χ2n) is 2.65. The van der Waals surface area contributed by atoms with Crippen LogP contribution in [0.2, 0.25) is 0 Å². The Balaban J connectivity index is 3.04. The normalized spacial score (nSPS) is 13.0. The fourth-order valence-corrected chi connectivity index (χ4v) is 1.65. The van der Waals surface area contributed by atoms with Crippen molar-refractivity contribution in [3.8, 4) is 0 Å². The van der Waals surface area contributed by atoms with Gasteiger partial charge in [0, 0.05) is 4.47 Å². The van der Waals surface area contributed by atoms with Gasteiger partial charge in [0.2, 0.25) is 0 Å². The molecular formula is C9H11BrClN. The van der Waals surface area contributed by atoms with Crippen molar-refractivity contribution >= 4 is 27.5 Å². The molecule has 12 heavy (non-hydrogen) atoms. The third-order valence-electron chi connectivity index (χ3n) is 1.77. The maximum atomic E-state index is 6.04. The molecule has 0 aliphatic carbocycles. The van der Waals surface area contributed by atoms with Crippen LogP contribution in [0.15, 0.2) is 22.7 Å². The van der Waals surface area contributed by atoms with E-state index in [2.05, 4.69) is 28.2 Å². The highest BCUT2D eigenvalue weighted by Gasteiger charge is 2.07. The minimum absolute atomic E-state index is 0.109. The maximum absolute atomic E-state index is 6.04. The maximum Gasteiger partial charge on any atom is 0.108 e. The summed E-state index contributed by atoms with van der Waals surface area (Å²) in [5.74, 6) is 0. The van der Waals surface area contributed by atoms with Crippen LogP contribution in [0, 0.1) is 6.92 Å². The molecule has 1 N–H and O–H groups in total. The quantitative estimate of drug-likeness (QED) is 0.626. The highest BCUT2D eigenvalue weighted by atomic mass is 79.9. The molecule has 0 saturated heterocycles. The third kappa shape index (κ3) is 2.22. The Morgan fingerprint density at radius 3 is 2.75 bits per heavy atom. The van der Waals surface area contributed by atoms with E-state index in [1.54, 1.807) is 0 Å². The zero-order valence-electron chi connectivity index (χ0n) is 7.07. The molecule has 66 valence electrons. The predicted molar refractivity (Wildman–Crippen MR) is 56.5 cm³/mol. The average Bonchev–Trinajstić information content (AvgIpc) is 2.08. The molecule has 0 amide bonds. The molecule has 0 heterocycles. The van der Waals surface area contributed by atoms with Crippen molar-refractivity contribution in [1.29, 1.82) is 0 Å². The molecule has 1 unspecified atom stereocenters. The molecule has 1 rings (SSSR count). The topological polar surface area (TPSA) is 12.0 Å². The Bertz CT molecular complexity index is 275. The SMILES string of the molecule is CNC(Cl)c1cc(Br)ccc1C. The van der Waals surface area contributed by atoms with Crippen LogP contribution in [0.25, 0.3) is 0 Å². The van der Waals surface area contributed by atoms with Gasteiger partial charge in [0.1, 0.15) is 5.50 Å². The first kappa shape index (κ1) is 10.0. The van der Waals surface area contributed by atoms with Gasteiger partial charge in [0.15, 0.2) is 0 Å². The number of aryl methyl sites for hydroxylation is 1. The first-order valence-electron chi connectivity index (χ1n) is 3.72. The van der Waals surface area contributed by atoms with Crippen molar-refractivity contribution < 1.29 is 0 Å². The standard InChI is InChI=1S/C9H11BrClN/c1-6-3-4-7(10)5-8(6)9(11)12-2/h3-5,9,12H,1-2H3. The molecule has 0 bridgehead atoms. The molecule has 0 spiro atoms. The van der Waals surface area contributed by atoms with Gasteiger partial charge in [-0.2, -0.15) is 0 Å². The van der Waals surface area contributed by atoms with Crippen LogP contribution < -0.4 is 5.32 Å². The monoisotopic (exact) mass is 247 g/mol. The molecule has 0 aromatic heterocycles. The molecule has 1 nitrogen and oxygen atoms in total. The number of rotatable bonds is 2. The smallest absolute Gasteiger partial charge is 0.108 e.